The molecule has 0 aromatic heterocycles. The summed E-state index contributed by atoms with van der Waals surface area (Å²) in [7, 11) is 0. The van der Waals surface area contributed by atoms with Crippen molar-refractivity contribution in [2.24, 2.45) is 0 Å². The first-order valence-corrected chi connectivity index (χ1v) is 7.25. The Morgan fingerprint density at radius 3 is 1.50 bits per heavy atom. The number of para-hydroxylation sites is 1. The van der Waals surface area contributed by atoms with Crippen molar-refractivity contribution in [2.45, 2.75) is 5.92 Å². The Hall–Kier alpha value is -2.87. The lowest BCUT2D eigenvalue weighted by Gasteiger charge is -2.16. The van der Waals surface area contributed by atoms with E-state index in [4.69, 9.17) is 0 Å². The minimum absolute atomic E-state index is 0.149. The maximum absolute atomic E-state index is 12.7. The highest BCUT2D eigenvalue weighted by Crippen LogP contribution is 2.26. The van der Waals surface area contributed by atoms with E-state index in [9.17, 15) is 4.79 Å². The van der Waals surface area contributed by atoms with Crippen LogP contribution in [0.25, 0.3) is 0 Å². The van der Waals surface area contributed by atoms with E-state index in [1.807, 2.05) is 91.0 Å². The molecule has 3 rings (SSSR count). The maximum atomic E-state index is 12.7. The second-order valence-electron chi connectivity index (χ2n) is 5.04. The van der Waals surface area contributed by atoms with Crippen molar-refractivity contribution in [1.82, 2.24) is 5.32 Å². The molecule has 0 spiro atoms. The van der Waals surface area contributed by atoms with Crippen LogP contribution in [0.5, 0.6) is 0 Å². The quantitative estimate of drug-likeness (QED) is 0.704. The lowest BCUT2D eigenvalue weighted by atomic mass is 9.90. The van der Waals surface area contributed by atoms with Crippen LogP contribution in [-0.2, 0) is 4.79 Å². The molecule has 0 unspecified atom stereocenters. The number of carbonyl (C=O) groups excluding carboxylic acids is 1. The SMILES string of the molecule is O=C([N]c1ccccc1)C(c1ccccc1)c1ccccc1. The molecule has 1 amide bonds. The summed E-state index contributed by atoms with van der Waals surface area (Å²) in [5.41, 5.74) is 2.60. The highest BCUT2D eigenvalue weighted by Gasteiger charge is 2.23. The summed E-state index contributed by atoms with van der Waals surface area (Å²) in [5.74, 6) is -0.522. The van der Waals surface area contributed by atoms with E-state index >= 15 is 0 Å². The van der Waals surface area contributed by atoms with Crippen LogP contribution in [0, 0.1) is 0 Å². The minimum Gasteiger partial charge on any atom is -0.271 e. The van der Waals surface area contributed by atoms with Gasteiger partial charge in [0.2, 0.25) is 0 Å². The monoisotopic (exact) mass is 286 g/mol. The van der Waals surface area contributed by atoms with Gasteiger partial charge < -0.3 is 0 Å². The lowest BCUT2D eigenvalue weighted by Crippen LogP contribution is -2.21. The number of hydrogen-bond acceptors (Lipinski definition) is 1. The second-order valence-corrected chi connectivity index (χ2v) is 5.04. The van der Waals surface area contributed by atoms with E-state index in [1.165, 1.54) is 0 Å². The molecule has 107 valence electrons. The van der Waals surface area contributed by atoms with Crippen LogP contribution in [-0.4, -0.2) is 5.91 Å². The molecule has 0 fully saturated rings. The van der Waals surface area contributed by atoms with Gasteiger partial charge in [0.15, 0.2) is 0 Å². The second kappa shape index (κ2) is 6.72. The van der Waals surface area contributed by atoms with Gasteiger partial charge in [-0.2, -0.15) is 0 Å². The Bertz CT molecular complexity index is 684. The molecular weight excluding hydrogens is 270 g/mol. The molecule has 0 atom stereocenters. The van der Waals surface area contributed by atoms with E-state index < -0.39 is 0 Å². The van der Waals surface area contributed by atoms with E-state index in [-0.39, 0.29) is 11.8 Å². The smallest absolute Gasteiger partial charge is 0.258 e. The van der Waals surface area contributed by atoms with Gasteiger partial charge in [0, 0.05) is 0 Å². The summed E-state index contributed by atoms with van der Waals surface area (Å²) in [6, 6.07) is 28.9. The van der Waals surface area contributed by atoms with Gasteiger partial charge in [-0.3, -0.25) is 4.79 Å². The highest BCUT2D eigenvalue weighted by molar-refractivity contribution is 5.90. The predicted octanol–water partition coefficient (Wildman–Crippen LogP) is 4.28. The van der Waals surface area contributed by atoms with Gasteiger partial charge in [0.05, 0.1) is 11.6 Å². The van der Waals surface area contributed by atoms with E-state index in [0.717, 1.165) is 11.1 Å². The van der Waals surface area contributed by atoms with Crippen molar-refractivity contribution in [3.8, 4) is 0 Å². The van der Waals surface area contributed by atoms with Gasteiger partial charge in [0.1, 0.15) is 0 Å². The van der Waals surface area contributed by atoms with Crippen molar-refractivity contribution in [1.29, 1.82) is 0 Å². The lowest BCUT2D eigenvalue weighted by molar-refractivity contribution is -0.120. The normalized spacial score (nSPS) is 10.4. The molecule has 0 saturated heterocycles. The Balaban J connectivity index is 1.94. The molecule has 0 bridgehead atoms. The van der Waals surface area contributed by atoms with E-state index in [2.05, 4.69) is 5.32 Å². The van der Waals surface area contributed by atoms with Gasteiger partial charge in [-0.25, -0.2) is 5.32 Å². The van der Waals surface area contributed by atoms with Gasteiger partial charge in [-0.05, 0) is 23.3 Å². The average Bonchev–Trinajstić information content (AvgIpc) is 2.58. The number of benzene rings is 3. The van der Waals surface area contributed by atoms with Gasteiger partial charge >= 0.3 is 0 Å². The topological polar surface area (TPSA) is 31.2 Å². The first kappa shape index (κ1) is 14.1. The maximum Gasteiger partial charge on any atom is 0.258 e. The largest absolute Gasteiger partial charge is 0.271 e. The van der Waals surface area contributed by atoms with Crippen LogP contribution in [0.2, 0.25) is 0 Å². The predicted molar refractivity (Wildman–Crippen MR) is 88.0 cm³/mol. The first-order valence-electron chi connectivity index (χ1n) is 7.25. The molecule has 2 heteroatoms. The Morgan fingerprint density at radius 1 is 0.636 bits per heavy atom. The number of rotatable bonds is 4. The summed E-state index contributed by atoms with van der Waals surface area (Å²) >= 11 is 0. The van der Waals surface area contributed by atoms with Gasteiger partial charge in [0.25, 0.3) is 5.91 Å². The fourth-order valence-corrected chi connectivity index (χ4v) is 2.46. The third-order valence-corrected chi connectivity index (χ3v) is 3.51. The minimum atomic E-state index is -0.373. The Labute approximate surface area is 130 Å². The molecule has 0 aliphatic carbocycles. The molecule has 0 aliphatic heterocycles. The van der Waals surface area contributed by atoms with Crippen LogP contribution in [0.15, 0.2) is 91.0 Å². The number of amides is 1. The zero-order chi connectivity index (χ0) is 15.2. The first-order chi connectivity index (χ1) is 10.8. The highest BCUT2D eigenvalue weighted by atomic mass is 16.1. The van der Waals surface area contributed by atoms with E-state index in [1.54, 1.807) is 0 Å². The third-order valence-electron chi connectivity index (χ3n) is 3.51. The number of carbonyl (C=O) groups is 1. The van der Waals surface area contributed by atoms with Crippen molar-refractivity contribution in [3.63, 3.8) is 0 Å². The van der Waals surface area contributed by atoms with Gasteiger partial charge in [-0.1, -0.05) is 78.9 Å². The number of nitrogens with zero attached hydrogens (tertiary/aromatic N) is 1. The van der Waals surface area contributed by atoms with Crippen LogP contribution >= 0.6 is 0 Å². The Morgan fingerprint density at radius 2 is 1.05 bits per heavy atom. The van der Waals surface area contributed by atoms with Crippen molar-refractivity contribution < 1.29 is 4.79 Å². The molecule has 0 saturated carbocycles. The summed E-state index contributed by atoms with van der Waals surface area (Å²) in [6.45, 7) is 0. The van der Waals surface area contributed by atoms with Crippen LogP contribution in [0.3, 0.4) is 0 Å². The summed E-state index contributed by atoms with van der Waals surface area (Å²) < 4.78 is 0. The molecule has 2 nitrogen and oxygen atoms in total. The summed E-state index contributed by atoms with van der Waals surface area (Å²) in [4.78, 5) is 12.7. The molecular formula is C20H16NO. The molecule has 3 aromatic carbocycles. The molecule has 0 N–H and O–H groups in total. The fourth-order valence-electron chi connectivity index (χ4n) is 2.46. The van der Waals surface area contributed by atoms with Crippen molar-refractivity contribution >= 4 is 11.6 Å². The zero-order valence-electron chi connectivity index (χ0n) is 12.1. The fraction of sp³-hybridized carbons (Fsp3) is 0.0500. The molecule has 3 aromatic rings. The van der Waals surface area contributed by atoms with Crippen molar-refractivity contribution in [3.05, 3.63) is 102 Å². The molecule has 0 aliphatic rings. The third kappa shape index (κ3) is 3.23. The van der Waals surface area contributed by atoms with Crippen LogP contribution in [0.1, 0.15) is 17.0 Å². The summed E-state index contributed by atoms with van der Waals surface area (Å²) in [6.07, 6.45) is 0. The van der Waals surface area contributed by atoms with Crippen molar-refractivity contribution in [2.75, 3.05) is 0 Å². The average molecular weight is 286 g/mol. The molecule has 22 heavy (non-hydrogen) atoms. The molecule has 0 heterocycles. The van der Waals surface area contributed by atoms with Crippen LogP contribution < -0.4 is 5.32 Å². The molecule has 1 radical (unpaired) electrons. The summed E-state index contributed by atoms with van der Waals surface area (Å²) in [5, 5.41) is 4.27. The van der Waals surface area contributed by atoms with Crippen LogP contribution in [0.4, 0.5) is 5.69 Å². The standard InChI is InChI=1S/C20H16NO/c22-20(21-18-14-8-3-9-15-18)19(16-10-4-1-5-11-16)17-12-6-2-7-13-17/h1-15,19H. The zero-order valence-corrected chi connectivity index (χ0v) is 12.1. The van der Waals surface area contributed by atoms with E-state index in [0.29, 0.717) is 5.69 Å². The van der Waals surface area contributed by atoms with Gasteiger partial charge in [-0.15, -0.1) is 0 Å². The Kier molecular flexibility index (Phi) is 4.30. The number of hydrogen-bond donors (Lipinski definition) is 0.